The smallest absolute Gasteiger partial charge is 0.261 e. The van der Waals surface area contributed by atoms with Gasteiger partial charge in [-0.2, -0.15) is 0 Å². The molecule has 0 aliphatic rings. The highest BCUT2D eigenvalue weighted by Crippen LogP contribution is 2.06. The van der Waals surface area contributed by atoms with Crippen LogP contribution in [0.1, 0.15) is 5.82 Å². The molecule has 0 fully saturated rings. The average Bonchev–Trinajstić information content (AvgIpc) is 2.24. The van der Waals surface area contributed by atoms with E-state index in [1.807, 2.05) is 0 Å². The SMILES string of the molecule is [CH2]c1nc2ccccc2c(=O)n1CC(N)=O. The third-order valence-electron chi connectivity index (χ3n) is 2.25. The maximum absolute atomic E-state index is 12.0. The lowest BCUT2D eigenvalue weighted by Gasteiger charge is -2.07. The number of hydrogen-bond donors (Lipinski definition) is 1. The van der Waals surface area contributed by atoms with E-state index in [9.17, 15) is 9.59 Å². The van der Waals surface area contributed by atoms with E-state index in [4.69, 9.17) is 5.73 Å². The maximum Gasteiger partial charge on any atom is 0.261 e. The maximum atomic E-state index is 12.0. The lowest BCUT2D eigenvalue weighted by molar-refractivity contribution is -0.118. The number of rotatable bonds is 2. The lowest BCUT2D eigenvalue weighted by Crippen LogP contribution is -2.30. The van der Waals surface area contributed by atoms with E-state index < -0.39 is 5.91 Å². The Hall–Kier alpha value is -2.17. The molecule has 5 nitrogen and oxygen atoms in total. The summed E-state index contributed by atoms with van der Waals surface area (Å²) in [7, 11) is 0. The Morgan fingerprint density at radius 1 is 1.44 bits per heavy atom. The van der Waals surface area contributed by atoms with Crippen molar-refractivity contribution in [1.29, 1.82) is 0 Å². The number of aromatic nitrogens is 2. The van der Waals surface area contributed by atoms with Gasteiger partial charge in [-0.05, 0) is 12.1 Å². The molecule has 81 valence electrons. The van der Waals surface area contributed by atoms with Gasteiger partial charge in [0, 0.05) is 6.92 Å². The Bertz CT molecular complexity index is 616. The van der Waals surface area contributed by atoms with Crippen LogP contribution in [-0.2, 0) is 11.3 Å². The van der Waals surface area contributed by atoms with Crippen molar-refractivity contribution in [2.24, 2.45) is 5.73 Å². The zero-order valence-corrected chi connectivity index (χ0v) is 8.51. The Morgan fingerprint density at radius 2 is 2.12 bits per heavy atom. The van der Waals surface area contributed by atoms with Crippen molar-refractivity contribution in [2.75, 3.05) is 0 Å². The van der Waals surface area contributed by atoms with Gasteiger partial charge in [-0.15, -0.1) is 0 Å². The van der Waals surface area contributed by atoms with Gasteiger partial charge in [0.05, 0.1) is 10.9 Å². The highest BCUT2D eigenvalue weighted by atomic mass is 16.2. The van der Waals surface area contributed by atoms with Gasteiger partial charge in [-0.1, -0.05) is 12.1 Å². The second kappa shape index (κ2) is 3.77. The first-order valence-corrected chi connectivity index (χ1v) is 4.69. The molecule has 0 saturated heterocycles. The molecule has 5 heteroatoms. The number of hydrogen-bond acceptors (Lipinski definition) is 3. The van der Waals surface area contributed by atoms with Crippen LogP contribution in [0.2, 0.25) is 0 Å². The summed E-state index contributed by atoms with van der Waals surface area (Å²) in [5, 5.41) is 0.455. The Kier molecular flexibility index (Phi) is 2.44. The molecular weight excluding hydrogens is 206 g/mol. The van der Waals surface area contributed by atoms with Crippen molar-refractivity contribution >= 4 is 16.8 Å². The van der Waals surface area contributed by atoms with E-state index >= 15 is 0 Å². The highest BCUT2D eigenvalue weighted by molar-refractivity contribution is 5.78. The molecule has 0 aliphatic heterocycles. The minimum Gasteiger partial charge on any atom is -0.368 e. The van der Waals surface area contributed by atoms with Gasteiger partial charge >= 0.3 is 0 Å². The fourth-order valence-corrected chi connectivity index (χ4v) is 1.53. The van der Waals surface area contributed by atoms with Crippen LogP contribution in [-0.4, -0.2) is 15.5 Å². The topological polar surface area (TPSA) is 78.0 Å². The monoisotopic (exact) mass is 216 g/mol. The number of fused-ring (bicyclic) bond motifs is 1. The molecule has 1 aromatic carbocycles. The molecule has 1 heterocycles. The van der Waals surface area contributed by atoms with Crippen molar-refractivity contribution in [1.82, 2.24) is 9.55 Å². The van der Waals surface area contributed by atoms with Crippen molar-refractivity contribution < 1.29 is 4.79 Å². The minimum absolute atomic E-state index is 0.199. The molecule has 16 heavy (non-hydrogen) atoms. The van der Waals surface area contributed by atoms with Crippen LogP contribution in [0.25, 0.3) is 10.9 Å². The van der Waals surface area contributed by atoms with E-state index in [-0.39, 0.29) is 17.9 Å². The van der Waals surface area contributed by atoms with Crippen LogP contribution < -0.4 is 11.3 Å². The van der Waals surface area contributed by atoms with Crippen LogP contribution in [0.4, 0.5) is 0 Å². The molecule has 0 aliphatic carbocycles. The quantitative estimate of drug-likeness (QED) is 0.771. The molecule has 2 N–H and O–H groups in total. The molecule has 2 rings (SSSR count). The number of carbonyl (C=O) groups excluding carboxylic acids is 1. The standard InChI is InChI=1S/C11H10N3O2/c1-7-13-9-5-3-2-4-8(9)11(16)14(7)6-10(12)15/h2-5H,1,6H2,(H2,12,15). The third-order valence-corrected chi connectivity index (χ3v) is 2.25. The first-order valence-electron chi connectivity index (χ1n) is 4.69. The summed E-state index contributed by atoms with van der Waals surface area (Å²) in [6, 6.07) is 6.90. The van der Waals surface area contributed by atoms with Crippen molar-refractivity contribution in [3.05, 3.63) is 47.4 Å². The molecule has 1 aromatic heterocycles. The van der Waals surface area contributed by atoms with Gasteiger partial charge in [0.2, 0.25) is 5.91 Å². The Morgan fingerprint density at radius 3 is 2.81 bits per heavy atom. The van der Waals surface area contributed by atoms with E-state index in [1.165, 1.54) is 4.57 Å². The molecule has 0 saturated carbocycles. The summed E-state index contributed by atoms with van der Waals surface area (Å²) in [4.78, 5) is 26.9. The van der Waals surface area contributed by atoms with Crippen molar-refractivity contribution in [3.8, 4) is 0 Å². The molecule has 1 radical (unpaired) electrons. The van der Waals surface area contributed by atoms with Gasteiger partial charge in [-0.25, -0.2) is 4.98 Å². The molecule has 0 unspecified atom stereocenters. The second-order valence-electron chi connectivity index (χ2n) is 3.40. The zero-order chi connectivity index (χ0) is 11.7. The number of nitrogens with two attached hydrogens (primary N) is 1. The average molecular weight is 216 g/mol. The molecular formula is C11H10N3O2. The van der Waals surface area contributed by atoms with Gasteiger partial charge in [0.1, 0.15) is 12.4 Å². The summed E-state index contributed by atoms with van der Waals surface area (Å²) in [6.07, 6.45) is 0. The number of para-hydroxylation sites is 1. The van der Waals surface area contributed by atoms with E-state index in [0.29, 0.717) is 10.9 Å². The van der Waals surface area contributed by atoms with E-state index in [0.717, 1.165) is 0 Å². The number of primary amides is 1. The predicted octanol–water partition coefficient (Wildman–Crippen LogP) is 0.0640. The normalized spacial score (nSPS) is 10.6. The Balaban J connectivity index is 2.76. The highest BCUT2D eigenvalue weighted by Gasteiger charge is 2.08. The minimum atomic E-state index is -0.593. The van der Waals surface area contributed by atoms with Crippen molar-refractivity contribution in [3.63, 3.8) is 0 Å². The second-order valence-corrected chi connectivity index (χ2v) is 3.40. The molecule has 0 spiro atoms. The zero-order valence-electron chi connectivity index (χ0n) is 8.51. The summed E-state index contributed by atoms with van der Waals surface area (Å²) < 4.78 is 1.17. The number of nitrogens with zero attached hydrogens (tertiary/aromatic N) is 2. The molecule has 0 atom stereocenters. The van der Waals surface area contributed by atoms with E-state index in [1.54, 1.807) is 24.3 Å². The molecule has 0 bridgehead atoms. The largest absolute Gasteiger partial charge is 0.368 e. The predicted molar refractivity (Wildman–Crippen MR) is 59.7 cm³/mol. The number of carbonyl (C=O) groups is 1. The number of benzene rings is 1. The fourth-order valence-electron chi connectivity index (χ4n) is 1.53. The van der Waals surface area contributed by atoms with Gasteiger partial charge in [-0.3, -0.25) is 14.2 Å². The summed E-state index contributed by atoms with van der Waals surface area (Å²) in [6.45, 7) is 3.43. The van der Waals surface area contributed by atoms with Crippen molar-refractivity contribution in [2.45, 2.75) is 6.54 Å². The molecule has 1 amide bonds. The van der Waals surface area contributed by atoms with Crippen LogP contribution in [0, 0.1) is 6.92 Å². The van der Waals surface area contributed by atoms with Crippen LogP contribution in [0.3, 0.4) is 0 Å². The van der Waals surface area contributed by atoms with Gasteiger partial charge in [0.15, 0.2) is 0 Å². The van der Waals surface area contributed by atoms with Crippen LogP contribution in [0.15, 0.2) is 29.1 Å². The summed E-state index contributed by atoms with van der Waals surface area (Å²) in [5.41, 5.74) is 5.32. The fraction of sp³-hybridized carbons (Fsp3) is 0.0909. The van der Waals surface area contributed by atoms with Crippen LogP contribution >= 0.6 is 0 Å². The number of amides is 1. The summed E-state index contributed by atoms with van der Waals surface area (Å²) in [5.74, 6) is -0.355. The first-order chi connectivity index (χ1) is 7.59. The molecule has 2 aromatic rings. The Labute approximate surface area is 91.5 Å². The lowest BCUT2D eigenvalue weighted by atomic mass is 10.2. The third kappa shape index (κ3) is 1.67. The van der Waals surface area contributed by atoms with Gasteiger partial charge < -0.3 is 5.73 Å². The van der Waals surface area contributed by atoms with Gasteiger partial charge in [0.25, 0.3) is 5.56 Å². The first kappa shape index (κ1) is 10.4. The van der Waals surface area contributed by atoms with Crippen LogP contribution in [0.5, 0.6) is 0 Å². The van der Waals surface area contributed by atoms with E-state index in [2.05, 4.69) is 11.9 Å². The summed E-state index contributed by atoms with van der Waals surface area (Å²) >= 11 is 0.